The van der Waals surface area contributed by atoms with Crippen molar-refractivity contribution < 1.29 is 18.6 Å². The van der Waals surface area contributed by atoms with Crippen molar-refractivity contribution in [2.45, 2.75) is 26.1 Å². The van der Waals surface area contributed by atoms with E-state index in [0.29, 0.717) is 0 Å². The molecule has 0 aliphatic carbocycles. The van der Waals surface area contributed by atoms with E-state index in [9.17, 15) is 13.9 Å². The first kappa shape index (κ1) is 11.9. The minimum absolute atomic E-state index is 0.0419. The number of benzene rings is 1. The van der Waals surface area contributed by atoms with Crippen LogP contribution in [0.1, 0.15) is 25.0 Å². The molecule has 0 unspecified atom stereocenters. The SMILES string of the molecule is COc1c(F)cc(CF)cc1C(C)(C)O. The quantitative estimate of drug-likeness (QED) is 0.841. The first-order valence-electron chi connectivity index (χ1n) is 4.55. The highest BCUT2D eigenvalue weighted by Gasteiger charge is 2.24. The molecule has 1 N–H and O–H groups in total. The predicted octanol–water partition coefficient (Wildman–Crippen LogP) is 2.53. The molecule has 15 heavy (non-hydrogen) atoms. The second-order valence-corrected chi connectivity index (χ2v) is 3.85. The van der Waals surface area contributed by atoms with Crippen LogP contribution in [0.25, 0.3) is 0 Å². The smallest absolute Gasteiger partial charge is 0.165 e. The van der Waals surface area contributed by atoms with Crippen LogP contribution in [0.2, 0.25) is 0 Å². The molecule has 0 spiro atoms. The molecule has 0 aliphatic heterocycles. The summed E-state index contributed by atoms with van der Waals surface area (Å²) in [4.78, 5) is 0. The van der Waals surface area contributed by atoms with Crippen LogP contribution in [-0.2, 0) is 12.3 Å². The molecule has 0 saturated carbocycles. The normalized spacial score (nSPS) is 11.6. The molecule has 2 nitrogen and oxygen atoms in total. The summed E-state index contributed by atoms with van der Waals surface area (Å²) in [5.41, 5.74) is -0.833. The number of halogens is 2. The summed E-state index contributed by atoms with van der Waals surface area (Å²) in [5, 5.41) is 9.78. The second-order valence-electron chi connectivity index (χ2n) is 3.85. The summed E-state index contributed by atoms with van der Waals surface area (Å²) in [7, 11) is 1.31. The van der Waals surface area contributed by atoms with Crippen LogP contribution in [0.15, 0.2) is 12.1 Å². The van der Waals surface area contributed by atoms with E-state index in [1.165, 1.54) is 27.0 Å². The molecule has 0 radical (unpaired) electrons. The number of rotatable bonds is 3. The van der Waals surface area contributed by atoms with Gasteiger partial charge in [0.15, 0.2) is 11.6 Å². The summed E-state index contributed by atoms with van der Waals surface area (Å²) in [6.07, 6.45) is 0. The number of hydrogen-bond donors (Lipinski definition) is 1. The maximum Gasteiger partial charge on any atom is 0.165 e. The molecule has 1 aromatic rings. The van der Waals surface area contributed by atoms with Gasteiger partial charge in [-0.25, -0.2) is 8.78 Å². The number of hydrogen-bond acceptors (Lipinski definition) is 2. The molecule has 84 valence electrons. The van der Waals surface area contributed by atoms with Crippen LogP contribution in [0.4, 0.5) is 8.78 Å². The largest absolute Gasteiger partial charge is 0.493 e. The van der Waals surface area contributed by atoms with Crippen molar-refractivity contribution in [3.8, 4) is 5.75 Å². The standard InChI is InChI=1S/C11H14F2O2/c1-11(2,14)8-4-7(6-12)5-9(13)10(8)15-3/h4-5,14H,6H2,1-3H3. The van der Waals surface area contributed by atoms with Crippen LogP contribution < -0.4 is 4.74 Å². The molecule has 0 aliphatic rings. The molecule has 1 rings (SSSR count). The summed E-state index contributed by atoms with van der Waals surface area (Å²) in [6, 6.07) is 2.47. The highest BCUT2D eigenvalue weighted by atomic mass is 19.1. The van der Waals surface area contributed by atoms with Crippen molar-refractivity contribution in [1.29, 1.82) is 0 Å². The fourth-order valence-corrected chi connectivity index (χ4v) is 1.39. The lowest BCUT2D eigenvalue weighted by Gasteiger charge is -2.21. The average molecular weight is 216 g/mol. The van der Waals surface area contributed by atoms with Gasteiger partial charge < -0.3 is 9.84 Å². The van der Waals surface area contributed by atoms with E-state index in [1.807, 2.05) is 0 Å². The Bertz CT molecular complexity index is 356. The van der Waals surface area contributed by atoms with Crippen molar-refractivity contribution in [2.24, 2.45) is 0 Å². The molecule has 4 heteroatoms. The second kappa shape index (κ2) is 4.14. The molecule has 0 heterocycles. The Hall–Kier alpha value is -1.16. The van der Waals surface area contributed by atoms with Gasteiger partial charge in [-0.05, 0) is 31.5 Å². The van der Waals surface area contributed by atoms with E-state index in [2.05, 4.69) is 0 Å². The summed E-state index contributed by atoms with van der Waals surface area (Å²) < 4.78 is 30.7. The van der Waals surface area contributed by atoms with Gasteiger partial charge >= 0.3 is 0 Å². The molecule has 0 aromatic heterocycles. The summed E-state index contributed by atoms with van der Waals surface area (Å²) in [6.45, 7) is 2.21. The predicted molar refractivity (Wildman–Crippen MR) is 53.0 cm³/mol. The highest BCUT2D eigenvalue weighted by molar-refractivity contribution is 5.41. The Morgan fingerprint density at radius 2 is 2.00 bits per heavy atom. The number of alkyl halides is 1. The van der Waals surface area contributed by atoms with Crippen LogP contribution >= 0.6 is 0 Å². The monoisotopic (exact) mass is 216 g/mol. The van der Waals surface area contributed by atoms with Crippen LogP contribution in [0.5, 0.6) is 5.75 Å². The number of aliphatic hydroxyl groups is 1. The van der Waals surface area contributed by atoms with Crippen molar-refractivity contribution in [3.63, 3.8) is 0 Å². The minimum atomic E-state index is -1.27. The fraction of sp³-hybridized carbons (Fsp3) is 0.455. The molecule has 0 saturated heterocycles. The van der Waals surface area contributed by atoms with Gasteiger partial charge in [-0.15, -0.1) is 0 Å². The maximum absolute atomic E-state index is 13.4. The van der Waals surface area contributed by atoms with Crippen LogP contribution in [0.3, 0.4) is 0 Å². The molecule has 0 amide bonds. The topological polar surface area (TPSA) is 29.5 Å². The summed E-state index contributed by atoms with van der Waals surface area (Å²) >= 11 is 0. The van der Waals surface area contributed by atoms with E-state index in [4.69, 9.17) is 4.74 Å². The zero-order valence-electron chi connectivity index (χ0n) is 8.97. The Labute approximate surface area is 87.5 Å². The lowest BCUT2D eigenvalue weighted by atomic mass is 9.95. The van der Waals surface area contributed by atoms with Crippen molar-refractivity contribution in [2.75, 3.05) is 7.11 Å². The van der Waals surface area contributed by atoms with E-state index >= 15 is 0 Å². The average Bonchev–Trinajstić information content (AvgIpc) is 2.15. The molecular formula is C11H14F2O2. The molecule has 0 bridgehead atoms. The first-order chi connectivity index (χ1) is 6.90. The molecule has 1 aromatic carbocycles. The Morgan fingerprint density at radius 1 is 1.40 bits per heavy atom. The van der Waals surface area contributed by atoms with E-state index in [-0.39, 0.29) is 16.9 Å². The summed E-state index contributed by atoms with van der Waals surface area (Å²) in [5.74, 6) is -0.704. The Balaban J connectivity index is 3.39. The van der Waals surface area contributed by atoms with Crippen molar-refractivity contribution in [1.82, 2.24) is 0 Å². The minimum Gasteiger partial charge on any atom is -0.493 e. The van der Waals surface area contributed by atoms with Gasteiger partial charge in [0.25, 0.3) is 0 Å². The van der Waals surface area contributed by atoms with Gasteiger partial charge in [-0.1, -0.05) is 0 Å². The van der Waals surface area contributed by atoms with Gasteiger partial charge in [0, 0.05) is 5.56 Å². The zero-order valence-corrected chi connectivity index (χ0v) is 8.97. The van der Waals surface area contributed by atoms with Gasteiger partial charge in [0.05, 0.1) is 12.7 Å². The van der Waals surface area contributed by atoms with Crippen LogP contribution in [-0.4, -0.2) is 12.2 Å². The van der Waals surface area contributed by atoms with E-state index in [0.717, 1.165) is 6.07 Å². The highest BCUT2D eigenvalue weighted by Crippen LogP contribution is 2.33. The molecule has 0 fully saturated rings. The van der Waals surface area contributed by atoms with Crippen molar-refractivity contribution in [3.05, 3.63) is 29.1 Å². The van der Waals surface area contributed by atoms with Gasteiger partial charge in [-0.2, -0.15) is 0 Å². The Morgan fingerprint density at radius 3 is 2.40 bits per heavy atom. The van der Waals surface area contributed by atoms with E-state index < -0.39 is 18.1 Å². The van der Waals surface area contributed by atoms with Gasteiger partial charge in [-0.3, -0.25) is 0 Å². The lowest BCUT2D eigenvalue weighted by Crippen LogP contribution is -2.18. The third kappa shape index (κ3) is 2.45. The zero-order chi connectivity index (χ0) is 11.6. The fourth-order valence-electron chi connectivity index (χ4n) is 1.39. The number of methoxy groups -OCH3 is 1. The molecule has 0 atom stereocenters. The van der Waals surface area contributed by atoms with Crippen LogP contribution in [0, 0.1) is 5.82 Å². The third-order valence-corrected chi connectivity index (χ3v) is 2.12. The Kier molecular flexibility index (Phi) is 3.29. The first-order valence-corrected chi connectivity index (χ1v) is 4.55. The maximum atomic E-state index is 13.4. The number of ether oxygens (including phenoxy) is 1. The lowest BCUT2D eigenvalue weighted by molar-refractivity contribution is 0.0748. The van der Waals surface area contributed by atoms with Gasteiger partial charge in [0.1, 0.15) is 6.67 Å². The van der Waals surface area contributed by atoms with Crippen molar-refractivity contribution >= 4 is 0 Å². The van der Waals surface area contributed by atoms with Gasteiger partial charge in [0.2, 0.25) is 0 Å². The van der Waals surface area contributed by atoms with E-state index in [1.54, 1.807) is 0 Å². The molecular weight excluding hydrogens is 202 g/mol. The third-order valence-electron chi connectivity index (χ3n) is 2.12.